The molecule has 1 amide bonds. The van der Waals surface area contributed by atoms with Crippen molar-refractivity contribution < 1.29 is 4.79 Å². The smallest absolute Gasteiger partial charge is 0.225 e. The fourth-order valence-corrected chi connectivity index (χ4v) is 4.37. The zero-order valence-electron chi connectivity index (χ0n) is 17.9. The molecule has 1 aliphatic heterocycles. The molecule has 0 bridgehead atoms. The topological polar surface area (TPSA) is 56.7 Å². The number of hydrogen-bond donors (Lipinski definition) is 2. The van der Waals surface area contributed by atoms with Crippen LogP contribution in [-0.2, 0) is 10.2 Å². The molecule has 154 valence electrons. The molecule has 1 aromatic carbocycles. The maximum Gasteiger partial charge on any atom is 0.225 e. The van der Waals surface area contributed by atoms with Crippen molar-refractivity contribution in [2.75, 3.05) is 26.7 Å². The van der Waals surface area contributed by atoms with E-state index in [-0.39, 0.29) is 17.4 Å². The van der Waals surface area contributed by atoms with E-state index in [0.717, 1.165) is 44.9 Å². The normalized spacial score (nSPS) is 21.2. The fraction of sp³-hybridized carbons (Fsp3) is 0.652. The van der Waals surface area contributed by atoms with Crippen LogP contribution in [0.5, 0.6) is 0 Å². The van der Waals surface area contributed by atoms with Crippen LogP contribution in [0.3, 0.4) is 0 Å². The van der Waals surface area contributed by atoms with Gasteiger partial charge in [0.2, 0.25) is 5.91 Å². The van der Waals surface area contributed by atoms with E-state index in [1.165, 1.54) is 24.0 Å². The molecule has 1 unspecified atom stereocenters. The number of aryl methyl sites for hydroxylation is 1. The van der Waals surface area contributed by atoms with Gasteiger partial charge in [0.25, 0.3) is 0 Å². The third-order valence-corrected chi connectivity index (χ3v) is 6.27. The van der Waals surface area contributed by atoms with Crippen LogP contribution in [0, 0.1) is 12.8 Å². The molecule has 2 N–H and O–H groups in total. The number of likely N-dealkylation sites (tertiary alicyclic amines) is 1. The lowest BCUT2D eigenvalue weighted by atomic mass is 9.84. The standard InChI is InChI=1S/C23H36N4O/c1-17-8-7-11-19(14-17)23(2,3)16-25-22(24-4)26-20-12-13-27(15-20)21(28)18-9-5-6-10-18/h7-8,11,14,18,20H,5-6,9-10,12-13,15-16H2,1-4H3,(H2,24,25,26). The zero-order chi connectivity index (χ0) is 20.1. The Morgan fingerprint density at radius 2 is 2.00 bits per heavy atom. The quantitative estimate of drug-likeness (QED) is 0.605. The van der Waals surface area contributed by atoms with E-state index in [2.05, 4.69) is 65.6 Å². The second-order valence-corrected chi connectivity index (χ2v) is 9.07. The van der Waals surface area contributed by atoms with Gasteiger partial charge in [-0.1, -0.05) is 56.5 Å². The Labute approximate surface area is 170 Å². The number of nitrogens with zero attached hydrogens (tertiary/aromatic N) is 2. The summed E-state index contributed by atoms with van der Waals surface area (Å²) < 4.78 is 0. The summed E-state index contributed by atoms with van der Waals surface area (Å²) in [6.45, 7) is 9.08. The van der Waals surface area contributed by atoms with Gasteiger partial charge < -0.3 is 15.5 Å². The van der Waals surface area contributed by atoms with Crippen molar-refractivity contribution in [1.82, 2.24) is 15.5 Å². The van der Waals surface area contributed by atoms with Gasteiger partial charge in [0, 0.05) is 44.1 Å². The summed E-state index contributed by atoms with van der Waals surface area (Å²) in [6, 6.07) is 8.97. The molecule has 2 aliphatic rings. The molecular weight excluding hydrogens is 348 g/mol. The molecule has 1 heterocycles. The molecule has 1 aliphatic carbocycles. The largest absolute Gasteiger partial charge is 0.356 e. The van der Waals surface area contributed by atoms with Gasteiger partial charge in [-0.3, -0.25) is 9.79 Å². The van der Waals surface area contributed by atoms with E-state index in [1.807, 2.05) is 7.05 Å². The number of benzene rings is 1. The van der Waals surface area contributed by atoms with Crippen molar-refractivity contribution in [3.05, 3.63) is 35.4 Å². The highest BCUT2D eigenvalue weighted by atomic mass is 16.2. The summed E-state index contributed by atoms with van der Waals surface area (Å²) >= 11 is 0. The lowest BCUT2D eigenvalue weighted by molar-refractivity contribution is -0.134. The molecule has 28 heavy (non-hydrogen) atoms. The highest BCUT2D eigenvalue weighted by molar-refractivity contribution is 5.81. The summed E-state index contributed by atoms with van der Waals surface area (Å²) in [5.41, 5.74) is 2.61. The monoisotopic (exact) mass is 384 g/mol. The highest BCUT2D eigenvalue weighted by Gasteiger charge is 2.32. The molecule has 1 atom stereocenters. The fourth-order valence-electron chi connectivity index (χ4n) is 4.37. The zero-order valence-corrected chi connectivity index (χ0v) is 17.9. The van der Waals surface area contributed by atoms with E-state index in [1.54, 1.807) is 0 Å². The number of hydrogen-bond acceptors (Lipinski definition) is 2. The van der Waals surface area contributed by atoms with Gasteiger partial charge in [0.1, 0.15) is 0 Å². The first-order valence-electron chi connectivity index (χ1n) is 10.7. The summed E-state index contributed by atoms with van der Waals surface area (Å²) in [7, 11) is 1.81. The van der Waals surface area contributed by atoms with E-state index in [9.17, 15) is 4.79 Å². The molecule has 0 spiro atoms. The van der Waals surface area contributed by atoms with Crippen molar-refractivity contribution in [1.29, 1.82) is 0 Å². The molecule has 5 nitrogen and oxygen atoms in total. The number of rotatable bonds is 5. The Kier molecular flexibility index (Phi) is 6.63. The Morgan fingerprint density at radius 3 is 2.68 bits per heavy atom. The summed E-state index contributed by atoms with van der Waals surface area (Å²) in [6.07, 6.45) is 5.55. The third kappa shape index (κ3) is 5.06. The second kappa shape index (κ2) is 8.97. The van der Waals surface area contributed by atoms with Gasteiger partial charge in [0.05, 0.1) is 0 Å². The first-order valence-corrected chi connectivity index (χ1v) is 10.7. The lowest BCUT2D eigenvalue weighted by Crippen LogP contribution is -2.48. The lowest BCUT2D eigenvalue weighted by Gasteiger charge is -2.28. The van der Waals surface area contributed by atoms with Crippen LogP contribution in [0.2, 0.25) is 0 Å². The number of carbonyl (C=O) groups excluding carboxylic acids is 1. The van der Waals surface area contributed by atoms with E-state index in [4.69, 9.17) is 0 Å². The minimum absolute atomic E-state index is 0.00376. The second-order valence-electron chi connectivity index (χ2n) is 9.07. The van der Waals surface area contributed by atoms with Gasteiger partial charge in [-0.15, -0.1) is 0 Å². The third-order valence-electron chi connectivity index (χ3n) is 6.27. The Morgan fingerprint density at radius 1 is 1.25 bits per heavy atom. The van der Waals surface area contributed by atoms with Crippen molar-refractivity contribution in [2.45, 2.75) is 64.3 Å². The highest BCUT2D eigenvalue weighted by Crippen LogP contribution is 2.28. The molecule has 1 aromatic rings. The molecule has 0 aromatic heterocycles. The van der Waals surface area contributed by atoms with E-state index < -0.39 is 0 Å². The predicted molar refractivity (Wildman–Crippen MR) is 116 cm³/mol. The van der Waals surface area contributed by atoms with Crippen LogP contribution in [-0.4, -0.2) is 49.5 Å². The Balaban J connectivity index is 1.50. The maximum atomic E-state index is 12.6. The maximum absolute atomic E-state index is 12.6. The Hall–Kier alpha value is -2.04. The van der Waals surface area contributed by atoms with Crippen molar-refractivity contribution in [2.24, 2.45) is 10.9 Å². The molecule has 5 heteroatoms. The molecule has 0 radical (unpaired) electrons. The number of guanidine groups is 1. The van der Waals surface area contributed by atoms with Crippen LogP contribution in [0.15, 0.2) is 29.3 Å². The van der Waals surface area contributed by atoms with Crippen LogP contribution in [0.4, 0.5) is 0 Å². The van der Waals surface area contributed by atoms with Crippen LogP contribution < -0.4 is 10.6 Å². The van der Waals surface area contributed by atoms with Crippen molar-refractivity contribution in [3.8, 4) is 0 Å². The molecule has 3 rings (SSSR count). The minimum Gasteiger partial charge on any atom is -0.356 e. The van der Waals surface area contributed by atoms with E-state index in [0.29, 0.717) is 5.91 Å². The van der Waals surface area contributed by atoms with Crippen molar-refractivity contribution >= 4 is 11.9 Å². The van der Waals surface area contributed by atoms with Crippen molar-refractivity contribution in [3.63, 3.8) is 0 Å². The SMILES string of the molecule is CN=C(NCC(C)(C)c1cccc(C)c1)NC1CCN(C(=O)C2CCCC2)C1. The molecule has 1 saturated heterocycles. The first kappa shape index (κ1) is 20.7. The molecule has 1 saturated carbocycles. The van der Waals surface area contributed by atoms with E-state index >= 15 is 0 Å². The number of amides is 1. The van der Waals surface area contributed by atoms with Gasteiger partial charge in [0.15, 0.2) is 5.96 Å². The van der Waals surface area contributed by atoms with Gasteiger partial charge in [-0.2, -0.15) is 0 Å². The van der Waals surface area contributed by atoms with Crippen LogP contribution in [0.1, 0.15) is 57.1 Å². The number of carbonyl (C=O) groups is 1. The van der Waals surface area contributed by atoms with Gasteiger partial charge >= 0.3 is 0 Å². The average Bonchev–Trinajstić information content (AvgIpc) is 3.36. The number of aliphatic imine (C=N–C) groups is 1. The summed E-state index contributed by atoms with van der Waals surface area (Å²) in [5, 5.41) is 7.01. The predicted octanol–water partition coefficient (Wildman–Crippen LogP) is 3.23. The number of nitrogens with one attached hydrogen (secondary N) is 2. The average molecular weight is 385 g/mol. The first-order chi connectivity index (χ1) is 13.4. The molecular formula is C23H36N4O. The summed E-state index contributed by atoms with van der Waals surface area (Å²) in [5.74, 6) is 1.46. The van der Waals surface area contributed by atoms with Crippen LogP contribution in [0.25, 0.3) is 0 Å². The summed E-state index contributed by atoms with van der Waals surface area (Å²) in [4.78, 5) is 19.1. The van der Waals surface area contributed by atoms with Gasteiger partial charge in [-0.05, 0) is 31.7 Å². The van der Waals surface area contributed by atoms with Crippen LogP contribution >= 0.6 is 0 Å². The Bertz CT molecular complexity index is 706. The van der Waals surface area contributed by atoms with Gasteiger partial charge in [-0.25, -0.2) is 0 Å². The molecule has 2 fully saturated rings. The minimum atomic E-state index is 0.00376.